The molecule has 0 saturated carbocycles. The van der Waals surface area contributed by atoms with Crippen molar-refractivity contribution in [3.8, 4) is 11.6 Å². The highest BCUT2D eigenvalue weighted by Crippen LogP contribution is 2.31. The average Bonchev–Trinajstić information content (AvgIpc) is 2.65. The molecular formula is C20H27N3O2. The Morgan fingerprint density at radius 3 is 2.72 bits per heavy atom. The first-order valence-corrected chi connectivity index (χ1v) is 8.95. The molecule has 1 saturated heterocycles. The maximum absolute atomic E-state index is 5.65. The van der Waals surface area contributed by atoms with E-state index >= 15 is 0 Å². The van der Waals surface area contributed by atoms with Gasteiger partial charge < -0.3 is 19.7 Å². The lowest BCUT2D eigenvalue weighted by atomic mass is 10.0. The highest BCUT2D eigenvalue weighted by atomic mass is 16.5. The predicted molar refractivity (Wildman–Crippen MR) is 102 cm³/mol. The van der Waals surface area contributed by atoms with Gasteiger partial charge in [-0.25, -0.2) is 4.98 Å². The quantitative estimate of drug-likeness (QED) is 0.864. The van der Waals surface area contributed by atoms with Crippen LogP contribution in [0.4, 0.5) is 11.4 Å². The van der Waals surface area contributed by atoms with Gasteiger partial charge in [-0.15, -0.1) is 0 Å². The van der Waals surface area contributed by atoms with Crippen molar-refractivity contribution in [3.63, 3.8) is 0 Å². The largest absolute Gasteiger partial charge is 0.495 e. The van der Waals surface area contributed by atoms with E-state index in [4.69, 9.17) is 9.47 Å². The number of piperidine rings is 1. The van der Waals surface area contributed by atoms with Gasteiger partial charge in [-0.3, -0.25) is 0 Å². The summed E-state index contributed by atoms with van der Waals surface area (Å²) in [6.45, 7) is 6.66. The number of aryl methyl sites for hydroxylation is 1. The Bertz CT molecular complexity index is 697. The highest BCUT2D eigenvalue weighted by molar-refractivity contribution is 5.59. The number of pyridine rings is 1. The normalized spacial score (nSPS) is 15.1. The van der Waals surface area contributed by atoms with Gasteiger partial charge in [0.1, 0.15) is 5.75 Å². The molecule has 1 fully saturated rings. The van der Waals surface area contributed by atoms with Crippen LogP contribution in [0.25, 0.3) is 0 Å². The summed E-state index contributed by atoms with van der Waals surface area (Å²) in [7, 11) is 1.73. The van der Waals surface area contributed by atoms with Crippen LogP contribution < -0.4 is 19.7 Å². The number of para-hydroxylation sites is 2. The van der Waals surface area contributed by atoms with Crippen molar-refractivity contribution in [1.82, 2.24) is 4.98 Å². The van der Waals surface area contributed by atoms with E-state index in [1.807, 2.05) is 25.3 Å². The minimum atomic E-state index is 0.425. The molecule has 1 aromatic carbocycles. The van der Waals surface area contributed by atoms with Gasteiger partial charge in [-0.05, 0) is 50.5 Å². The van der Waals surface area contributed by atoms with Crippen molar-refractivity contribution in [1.29, 1.82) is 0 Å². The number of aromatic nitrogens is 1. The van der Waals surface area contributed by atoms with Crippen molar-refractivity contribution in [2.24, 2.45) is 0 Å². The molecule has 0 unspecified atom stereocenters. The minimum Gasteiger partial charge on any atom is -0.495 e. The lowest BCUT2D eigenvalue weighted by Crippen LogP contribution is -2.39. The summed E-state index contributed by atoms with van der Waals surface area (Å²) in [5.74, 6) is 1.63. The van der Waals surface area contributed by atoms with Gasteiger partial charge >= 0.3 is 0 Å². The van der Waals surface area contributed by atoms with Crippen LogP contribution in [0.3, 0.4) is 0 Å². The minimum absolute atomic E-state index is 0.425. The van der Waals surface area contributed by atoms with Gasteiger partial charge in [0.15, 0.2) is 0 Å². The first-order valence-electron chi connectivity index (χ1n) is 8.95. The molecule has 1 aliphatic heterocycles. The number of hydrogen-bond acceptors (Lipinski definition) is 5. The molecule has 5 heteroatoms. The van der Waals surface area contributed by atoms with E-state index in [0.29, 0.717) is 18.5 Å². The molecular weight excluding hydrogens is 314 g/mol. The van der Waals surface area contributed by atoms with Crippen molar-refractivity contribution < 1.29 is 9.47 Å². The predicted octanol–water partition coefficient (Wildman–Crippen LogP) is 3.88. The topological polar surface area (TPSA) is 46.6 Å². The number of methoxy groups -OCH3 is 1. The molecule has 3 rings (SSSR count). The van der Waals surface area contributed by atoms with Gasteiger partial charge in [0, 0.05) is 25.3 Å². The standard InChI is InChI=1S/C20H27N3O2/c1-4-25-20-17(13-15(2)14-21-20)22-16-9-11-23(12-10-16)18-7-5-6-8-19(18)24-3/h5-8,13-14,16,22H,4,9-12H2,1-3H3. The third-order valence-electron chi connectivity index (χ3n) is 4.55. The summed E-state index contributed by atoms with van der Waals surface area (Å²) in [4.78, 5) is 6.80. The van der Waals surface area contributed by atoms with Gasteiger partial charge in [0.05, 0.1) is 25.1 Å². The molecule has 1 aliphatic rings. The summed E-state index contributed by atoms with van der Waals surface area (Å²) in [6.07, 6.45) is 3.98. The molecule has 134 valence electrons. The maximum Gasteiger partial charge on any atom is 0.237 e. The van der Waals surface area contributed by atoms with E-state index < -0.39 is 0 Å². The van der Waals surface area contributed by atoms with E-state index in [-0.39, 0.29) is 0 Å². The molecule has 0 amide bonds. The number of nitrogens with one attached hydrogen (secondary N) is 1. The summed E-state index contributed by atoms with van der Waals surface area (Å²) >= 11 is 0. The van der Waals surface area contributed by atoms with Gasteiger partial charge in [0.2, 0.25) is 5.88 Å². The highest BCUT2D eigenvalue weighted by Gasteiger charge is 2.22. The van der Waals surface area contributed by atoms with Crippen molar-refractivity contribution in [2.75, 3.05) is 37.0 Å². The second-order valence-electron chi connectivity index (χ2n) is 6.38. The molecule has 1 aromatic heterocycles. The zero-order valence-electron chi connectivity index (χ0n) is 15.3. The van der Waals surface area contributed by atoms with Crippen LogP contribution in [-0.2, 0) is 0 Å². The van der Waals surface area contributed by atoms with Crippen LogP contribution in [0, 0.1) is 6.92 Å². The molecule has 0 bridgehead atoms. The Morgan fingerprint density at radius 2 is 2.00 bits per heavy atom. The van der Waals surface area contributed by atoms with Crippen LogP contribution in [-0.4, -0.2) is 37.8 Å². The van der Waals surface area contributed by atoms with E-state index in [1.54, 1.807) is 7.11 Å². The van der Waals surface area contributed by atoms with Crippen LogP contribution in [0.5, 0.6) is 11.6 Å². The Balaban J connectivity index is 1.64. The second kappa shape index (κ2) is 8.10. The number of anilines is 2. The fourth-order valence-electron chi connectivity index (χ4n) is 3.29. The third kappa shape index (κ3) is 4.16. The molecule has 1 N–H and O–H groups in total. The summed E-state index contributed by atoms with van der Waals surface area (Å²) in [5.41, 5.74) is 3.31. The molecule has 25 heavy (non-hydrogen) atoms. The molecule has 5 nitrogen and oxygen atoms in total. The molecule has 2 aromatic rings. The van der Waals surface area contributed by atoms with Crippen LogP contribution in [0.1, 0.15) is 25.3 Å². The molecule has 0 atom stereocenters. The Kier molecular flexibility index (Phi) is 5.64. The second-order valence-corrected chi connectivity index (χ2v) is 6.38. The fraction of sp³-hybridized carbons (Fsp3) is 0.450. The fourth-order valence-corrected chi connectivity index (χ4v) is 3.29. The SMILES string of the molecule is CCOc1ncc(C)cc1NC1CCN(c2ccccc2OC)CC1. The van der Waals surface area contributed by atoms with Crippen molar-refractivity contribution in [3.05, 3.63) is 42.1 Å². The van der Waals surface area contributed by atoms with Crippen molar-refractivity contribution in [2.45, 2.75) is 32.7 Å². The summed E-state index contributed by atoms with van der Waals surface area (Å²) < 4.78 is 11.1. The Hall–Kier alpha value is -2.43. The Labute approximate surface area is 150 Å². The molecule has 0 spiro atoms. The summed E-state index contributed by atoms with van der Waals surface area (Å²) in [6, 6.07) is 10.8. The van der Waals surface area contributed by atoms with E-state index in [1.165, 1.54) is 5.69 Å². The molecule has 0 radical (unpaired) electrons. The maximum atomic E-state index is 5.65. The van der Waals surface area contributed by atoms with Crippen LogP contribution in [0.2, 0.25) is 0 Å². The first kappa shape index (κ1) is 17.4. The van der Waals surface area contributed by atoms with Crippen LogP contribution >= 0.6 is 0 Å². The average molecular weight is 341 g/mol. The van der Waals surface area contributed by atoms with E-state index in [2.05, 4.69) is 40.3 Å². The number of rotatable bonds is 6. The van der Waals surface area contributed by atoms with E-state index in [9.17, 15) is 0 Å². The first-order chi connectivity index (χ1) is 12.2. The zero-order valence-corrected chi connectivity index (χ0v) is 15.3. The van der Waals surface area contributed by atoms with Crippen molar-refractivity contribution >= 4 is 11.4 Å². The Morgan fingerprint density at radius 1 is 1.24 bits per heavy atom. The number of nitrogens with zero attached hydrogens (tertiary/aromatic N) is 2. The smallest absolute Gasteiger partial charge is 0.237 e. The van der Waals surface area contributed by atoms with Crippen LogP contribution in [0.15, 0.2) is 36.5 Å². The zero-order chi connectivity index (χ0) is 17.6. The van der Waals surface area contributed by atoms with Gasteiger partial charge in [-0.1, -0.05) is 12.1 Å². The molecule has 0 aliphatic carbocycles. The lowest BCUT2D eigenvalue weighted by molar-refractivity contribution is 0.327. The van der Waals surface area contributed by atoms with Gasteiger partial charge in [0.25, 0.3) is 0 Å². The number of hydrogen-bond donors (Lipinski definition) is 1. The number of benzene rings is 1. The molecule has 2 heterocycles. The van der Waals surface area contributed by atoms with E-state index in [0.717, 1.165) is 42.9 Å². The third-order valence-corrected chi connectivity index (χ3v) is 4.55. The van der Waals surface area contributed by atoms with Gasteiger partial charge in [-0.2, -0.15) is 0 Å². The monoisotopic (exact) mass is 341 g/mol. The summed E-state index contributed by atoms with van der Waals surface area (Å²) in [5, 5.41) is 3.63. The number of ether oxygens (including phenoxy) is 2. The lowest BCUT2D eigenvalue weighted by Gasteiger charge is -2.35.